The molecular weight excluding hydrogens is 302 g/mol. The standard InChI is InChI=1S/C20H25NO3/c1-20(2,3)19(22)21-13-16-10-11-17(18(12-16)23-4)24-14-15-8-6-5-7-9-15/h5-12H,13-14H2,1-4H3,(H,21,22). The zero-order chi connectivity index (χ0) is 17.6. The molecule has 128 valence electrons. The largest absolute Gasteiger partial charge is 0.493 e. The Morgan fingerprint density at radius 1 is 1.00 bits per heavy atom. The number of amides is 1. The van der Waals surface area contributed by atoms with Crippen molar-refractivity contribution < 1.29 is 14.3 Å². The highest BCUT2D eigenvalue weighted by Crippen LogP contribution is 2.29. The van der Waals surface area contributed by atoms with Gasteiger partial charge in [-0.25, -0.2) is 0 Å². The predicted molar refractivity (Wildman–Crippen MR) is 95.1 cm³/mol. The van der Waals surface area contributed by atoms with Crippen molar-refractivity contribution in [2.45, 2.75) is 33.9 Å². The molecule has 0 aliphatic heterocycles. The zero-order valence-electron chi connectivity index (χ0n) is 14.8. The Morgan fingerprint density at radius 2 is 1.71 bits per heavy atom. The van der Waals surface area contributed by atoms with Crippen molar-refractivity contribution in [1.29, 1.82) is 0 Å². The normalized spacial score (nSPS) is 11.0. The van der Waals surface area contributed by atoms with Crippen molar-refractivity contribution in [2.24, 2.45) is 5.41 Å². The van der Waals surface area contributed by atoms with Gasteiger partial charge in [-0.2, -0.15) is 0 Å². The van der Waals surface area contributed by atoms with E-state index in [2.05, 4.69) is 5.32 Å². The lowest BCUT2D eigenvalue weighted by Gasteiger charge is -2.18. The monoisotopic (exact) mass is 327 g/mol. The molecule has 0 fully saturated rings. The molecule has 0 bridgehead atoms. The predicted octanol–water partition coefficient (Wildman–Crippen LogP) is 3.94. The molecule has 0 saturated heterocycles. The van der Waals surface area contributed by atoms with Crippen molar-refractivity contribution in [2.75, 3.05) is 7.11 Å². The Balaban J connectivity index is 2.00. The maximum atomic E-state index is 12.0. The van der Waals surface area contributed by atoms with Crippen LogP contribution in [0.1, 0.15) is 31.9 Å². The first-order valence-corrected chi connectivity index (χ1v) is 8.02. The minimum atomic E-state index is -0.400. The Kier molecular flexibility index (Phi) is 5.85. The van der Waals surface area contributed by atoms with Crippen LogP contribution in [0.25, 0.3) is 0 Å². The molecule has 0 heterocycles. The van der Waals surface area contributed by atoms with Crippen molar-refractivity contribution in [1.82, 2.24) is 5.32 Å². The van der Waals surface area contributed by atoms with E-state index >= 15 is 0 Å². The fourth-order valence-electron chi connectivity index (χ4n) is 2.12. The van der Waals surface area contributed by atoms with E-state index in [-0.39, 0.29) is 5.91 Å². The summed E-state index contributed by atoms with van der Waals surface area (Å²) in [6, 6.07) is 15.7. The van der Waals surface area contributed by atoms with Crippen molar-refractivity contribution in [3.8, 4) is 11.5 Å². The fraction of sp³-hybridized carbons (Fsp3) is 0.350. The van der Waals surface area contributed by atoms with Crippen LogP contribution in [0.4, 0.5) is 0 Å². The van der Waals surface area contributed by atoms with Crippen molar-refractivity contribution in [3.05, 3.63) is 59.7 Å². The highest BCUT2D eigenvalue weighted by molar-refractivity contribution is 5.81. The van der Waals surface area contributed by atoms with Crippen molar-refractivity contribution >= 4 is 5.91 Å². The van der Waals surface area contributed by atoms with Gasteiger partial charge in [0, 0.05) is 12.0 Å². The molecule has 0 aliphatic rings. The van der Waals surface area contributed by atoms with E-state index in [4.69, 9.17) is 9.47 Å². The zero-order valence-corrected chi connectivity index (χ0v) is 14.8. The molecule has 0 aromatic heterocycles. The van der Waals surface area contributed by atoms with Crippen LogP contribution in [-0.4, -0.2) is 13.0 Å². The van der Waals surface area contributed by atoms with Gasteiger partial charge in [0.1, 0.15) is 6.61 Å². The second-order valence-corrected chi connectivity index (χ2v) is 6.69. The number of methoxy groups -OCH3 is 1. The summed E-state index contributed by atoms with van der Waals surface area (Å²) in [6.07, 6.45) is 0. The number of carbonyl (C=O) groups is 1. The molecule has 2 rings (SSSR count). The third-order valence-corrected chi connectivity index (χ3v) is 3.60. The van der Waals surface area contributed by atoms with Gasteiger partial charge in [0.25, 0.3) is 0 Å². The van der Waals surface area contributed by atoms with Gasteiger partial charge in [-0.15, -0.1) is 0 Å². The van der Waals surface area contributed by atoms with Crippen LogP contribution in [0, 0.1) is 5.41 Å². The summed E-state index contributed by atoms with van der Waals surface area (Å²) in [7, 11) is 1.61. The SMILES string of the molecule is COc1cc(CNC(=O)C(C)(C)C)ccc1OCc1ccccc1. The maximum Gasteiger partial charge on any atom is 0.225 e. The second-order valence-electron chi connectivity index (χ2n) is 6.69. The molecule has 1 amide bonds. The van der Waals surface area contributed by atoms with Crippen LogP contribution in [0.2, 0.25) is 0 Å². The van der Waals surface area contributed by atoms with Crippen LogP contribution in [0.15, 0.2) is 48.5 Å². The molecule has 0 unspecified atom stereocenters. The Morgan fingerprint density at radius 3 is 2.33 bits per heavy atom. The number of rotatable bonds is 6. The van der Waals surface area contributed by atoms with Crippen LogP contribution in [0.3, 0.4) is 0 Å². The molecular formula is C20H25NO3. The molecule has 4 heteroatoms. The third kappa shape index (κ3) is 5.01. The number of nitrogens with one attached hydrogen (secondary N) is 1. The van der Waals surface area contributed by atoms with E-state index in [0.29, 0.717) is 24.7 Å². The lowest BCUT2D eigenvalue weighted by Crippen LogP contribution is -2.34. The van der Waals surface area contributed by atoms with Gasteiger partial charge in [-0.05, 0) is 23.3 Å². The average molecular weight is 327 g/mol. The number of benzene rings is 2. The van der Waals surface area contributed by atoms with Gasteiger partial charge in [-0.1, -0.05) is 57.2 Å². The fourth-order valence-corrected chi connectivity index (χ4v) is 2.12. The maximum absolute atomic E-state index is 12.0. The summed E-state index contributed by atoms with van der Waals surface area (Å²) in [5, 5.41) is 2.93. The highest BCUT2D eigenvalue weighted by atomic mass is 16.5. The number of hydrogen-bond donors (Lipinski definition) is 1. The second kappa shape index (κ2) is 7.86. The lowest BCUT2D eigenvalue weighted by molar-refractivity contribution is -0.128. The first-order chi connectivity index (χ1) is 11.4. The molecule has 0 aliphatic carbocycles. The topological polar surface area (TPSA) is 47.6 Å². The third-order valence-electron chi connectivity index (χ3n) is 3.60. The molecule has 2 aromatic rings. The summed E-state index contributed by atoms with van der Waals surface area (Å²) >= 11 is 0. The molecule has 24 heavy (non-hydrogen) atoms. The molecule has 0 radical (unpaired) electrons. The molecule has 2 aromatic carbocycles. The summed E-state index contributed by atoms with van der Waals surface area (Å²) in [5.41, 5.74) is 1.67. The first-order valence-electron chi connectivity index (χ1n) is 8.02. The Bertz CT molecular complexity index is 675. The van der Waals surface area contributed by atoms with Gasteiger partial charge >= 0.3 is 0 Å². The van der Waals surface area contributed by atoms with Gasteiger partial charge in [0.05, 0.1) is 7.11 Å². The average Bonchev–Trinajstić information content (AvgIpc) is 2.58. The smallest absolute Gasteiger partial charge is 0.225 e. The molecule has 1 N–H and O–H groups in total. The number of carbonyl (C=O) groups excluding carboxylic acids is 1. The van der Waals surface area contributed by atoms with Crippen LogP contribution >= 0.6 is 0 Å². The summed E-state index contributed by atoms with van der Waals surface area (Å²) in [5.74, 6) is 1.37. The van der Waals surface area contributed by atoms with E-state index in [1.54, 1.807) is 7.11 Å². The summed E-state index contributed by atoms with van der Waals surface area (Å²) in [6.45, 7) is 6.62. The van der Waals surface area contributed by atoms with Gasteiger partial charge in [-0.3, -0.25) is 4.79 Å². The van der Waals surface area contributed by atoms with Crippen molar-refractivity contribution in [3.63, 3.8) is 0 Å². The molecule has 0 spiro atoms. The van der Waals surface area contributed by atoms with E-state index in [1.807, 2.05) is 69.3 Å². The Labute approximate surface area is 143 Å². The summed E-state index contributed by atoms with van der Waals surface area (Å²) < 4.78 is 11.2. The van der Waals surface area contributed by atoms with Crippen LogP contribution in [-0.2, 0) is 17.9 Å². The van der Waals surface area contributed by atoms with Gasteiger partial charge in [0.15, 0.2) is 11.5 Å². The van der Waals surface area contributed by atoms with E-state index in [1.165, 1.54) is 0 Å². The Hall–Kier alpha value is -2.49. The minimum absolute atomic E-state index is 0.0193. The van der Waals surface area contributed by atoms with E-state index < -0.39 is 5.41 Å². The van der Waals surface area contributed by atoms with Crippen LogP contribution in [0.5, 0.6) is 11.5 Å². The minimum Gasteiger partial charge on any atom is -0.493 e. The summed E-state index contributed by atoms with van der Waals surface area (Å²) in [4.78, 5) is 12.0. The molecule has 4 nitrogen and oxygen atoms in total. The molecule has 0 saturated carbocycles. The molecule has 0 atom stereocenters. The highest BCUT2D eigenvalue weighted by Gasteiger charge is 2.20. The number of ether oxygens (including phenoxy) is 2. The lowest BCUT2D eigenvalue weighted by atomic mass is 9.95. The first kappa shape index (κ1) is 17.9. The quantitative estimate of drug-likeness (QED) is 0.874. The van der Waals surface area contributed by atoms with E-state index in [9.17, 15) is 4.79 Å². The van der Waals surface area contributed by atoms with Gasteiger partial charge < -0.3 is 14.8 Å². The van der Waals surface area contributed by atoms with E-state index in [0.717, 1.165) is 11.1 Å². The van der Waals surface area contributed by atoms with Crippen LogP contribution < -0.4 is 14.8 Å². The van der Waals surface area contributed by atoms with Gasteiger partial charge in [0.2, 0.25) is 5.91 Å². The number of hydrogen-bond acceptors (Lipinski definition) is 3.